The summed E-state index contributed by atoms with van der Waals surface area (Å²) in [5.41, 5.74) is 0.606. The molecule has 3 nitrogen and oxygen atoms in total. The number of nitrogens with one attached hydrogen (secondary N) is 2. The fraction of sp³-hybridized carbons (Fsp3) is 0.500. The summed E-state index contributed by atoms with van der Waals surface area (Å²) in [5.74, 6) is -0.372. The van der Waals surface area contributed by atoms with Crippen LogP contribution in [0.2, 0.25) is 0 Å². The van der Waals surface area contributed by atoms with Crippen molar-refractivity contribution in [2.75, 3.05) is 5.32 Å². The summed E-state index contributed by atoms with van der Waals surface area (Å²) >= 11 is 3.10. The SMILES string of the molecule is CC(Nc1ccc(Br)c(F)c1)C(=O)NC1CCCC1. The molecule has 2 rings (SSSR count). The highest BCUT2D eigenvalue weighted by Crippen LogP contribution is 2.20. The predicted molar refractivity (Wildman–Crippen MR) is 77.6 cm³/mol. The van der Waals surface area contributed by atoms with Gasteiger partial charge in [0.2, 0.25) is 5.91 Å². The van der Waals surface area contributed by atoms with Crippen molar-refractivity contribution in [3.05, 3.63) is 28.5 Å². The van der Waals surface area contributed by atoms with Crippen molar-refractivity contribution in [3.63, 3.8) is 0 Å². The van der Waals surface area contributed by atoms with E-state index in [4.69, 9.17) is 0 Å². The maximum Gasteiger partial charge on any atom is 0.242 e. The van der Waals surface area contributed by atoms with Gasteiger partial charge in [-0.2, -0.15) is 0 Å². The Morgan fingerprint density at radius 1 is 1.42 bits per heavy atom. The number of benzene rings is 1. The summed E-state index contributed by atoms with van der Waals surface area (Å²) in [6, 6.07) is 4.68. The molecule has 104 valence electrons. The van der Waals surface area contributed by atoms with Gasteiger partial charge in [-0.25, -0.2) is 4.39 Å². The van der Waals surface area contributed by atoms with Gasteiger partial charge >= 0.3 is 0 Å². The van der Waals surface area contributed by atoms with Crippen LogP contribution in [0.3, 0.4) is 0 Å². The van der Waals surface area contributed by atoms with E-state index in [1.807, 2.05) is 0 Å². The number of hydrogen-bond donors (Lipinski definition) is 2. The minimum Gasteiger partial charge on any atom is -0.374 e. The fourth-order valence-corrected chi connectivity index (χ4v) is 2.54. The minimum atomic E-state index is -0.374. The Morgan fingerprint density at radius 3 is 2.74 bits per heavy atom. The third-order valence-corrected chi connectivity index (χ3v) is 4.04. The summed E-state index contributed by atoms with van der Waals surface area (Å²) in [6.07, 6.45) is 4.49. The van der Waals surface area contributed by atoms with Crippen LogP contribution < -0.4 is 10.6 Å². The zero-order chi connectivity index (χ0) is 13.8. The van der Waals surface area contributed by atoms with Crippen molar-refractivity contribution in [1.29, 1.82) is 0 Å². The van der Waals surface area contributed by atoms with Crippen LogP contribution in [0, 0.1) is 5.82 Å². The Labute approximate surface area is 121 Å². The first-order valence-corrected chi connectivity index (χ1v) is 7.37. The molecular formula is C14H18BrFN2O. The maximum atomic E-state index is 13.4. The van der Waals surface area contributed by atoms with Gasteiger partial charge in [-0.15, -0.1) is 0 Å². The first-order valence-electron chi connectivity index (χ1n) is 6.58. The van der Waals surface area contributed by atoms with Crippen LogP contribution in [-0.4, -0.2) is 18.0 Å². The second-order valence-electron chi connectivity index (χ2n) is 4.98. The normalized spacial score (nSPS) is 17.2. The Hall–Kier alpha value is -1.10. The lowest BCUT2D eigenvalue weighted by atomic mass is 10.2. The molecule has 0 aromatic heterocycles. The van der Waals surface area contributed by atoms with Gasteiger partial charge < -0.3 is 10.6 Å². The van der Waals surface area contributed by atoms with E-state index in [0.717, 1.165) is 12.8 Å². The van der Waals surface area contributed by atoms with Crippen molar-refractivity contribution in [2.45, 2.75) is 44.7 Å². The van der Waals surface area contributed by atoms with Crippen LogP contribution in [0.25, 0.3) is 0 Å². The molecule has 2 N–H and O–H groups in total. The molecule has 0 heterocycles. The summed E-state index contributed by atoms with van der Waals surface area (Å²) < 4.78 is 13.8. The molecule has 0 radical (unpaired) electrons. The molecule has 1 fully saturated rings. The molecule has 0 spiro atoms. The van der Waals surface area contributed by atoms with Crippen molar-refractivity contribution in [1.82, 2.24) is 5.32 Å². The molecule has 1 aliphatic carbocycles. The van der Waals surface area contributed by atoms with E-state index >= 15 is 0 Å². The largest absolute Gasteiger partial charge is 0.374 e. The zero-order valence-corrected chi connectivity index (χ0v) is 12.5. The minimum absolute atomic E-state index is 0.0322. The van der Waals surface area contributed by atoms with E-state index in [9.17, 15) is 9.18 Å². The Balaban J connectivity index is 1.90. The van der Waals surface area contributed by atoms with Gasteiger partial charge in [0.05, 0.1) is 4.47 Å². The summed E-state index contributed by atoms with van der Waals surface area (Å²) in [6.45, 7) is 1.78. The molecule has 0 bridgehead atoms. The van der Waals surface area contributed by atoms with E-state index in [-0.39, 0.29) is 17.8 Å². The van der Waals surface area contributed by atoms with Gasteiger partial charge in [-0.05, 0) is 53.9 Å². The number of carbonyl (C=O) groups excluding carboxylic acids is 1. The fourth-order valence-electron chi connectivity index (χ4n) is 2.30. The third-order valence-electron chi connectivity index (χ3n) is 3.40. The number of amides is 1. The number of hydrogen-bond acceptors (Lipinski definition) is 2. The van der Waals surface area contributed by atoms with Crippen LogP contribution in [0.1, 0.15) is 32.6 Å². The van der Waals surface area contributed by atoms with E-state index in [0.29, 0.717) is 16.2 Å². The molecule has 1 unspecified atom stereocenters. The van der Waals surface area contributed by atoms with Gasteiger partial charge in [0.1, 0.15) is 11.9 Å². The standard InChI is InChI=1S/C14H18BrFN2O/c1-9(14(19)18-10-4-2-3-5-10)17-11-6-7-12(15)13(16)8-11/h6-10,17H,2-5H2,1H3,(H,18,19). The quantitative estimate of drug-likeness (QED) is 0.888. The highest BCUT2D eigenvalue weighted by molar-refractivity contribution is 9.10. The van der Waals surface area contributed by atoms with Crippen molar-refractivity contribution >= 4 is 27.5 Å². The van der Waals surface area contributed by atoms with E-state index in [1.165, 1.54) is 18.9 Å². The Kier molecular flexibility index (Phi) is 4.80. The lowest BCUT2D eigenvalue weighted by Gasteiger charge is -2.18. The summed E-state index contributed by atoms with van der Waals surface area (Å²) in [7, 11) is 0. The molecule has 1 aromatic carbocycles. The van der Waals surface area contributed by atoms with Gasteiger partial charge in [-0.3, -0.25) is 4.79 Å². The third kappa shape index (κ3) is 3.93. The molecular weight excluding hydrogens is 311 g/mol. The van der Waals surface area contributed by atoms with Gasteiger partial charge in [0, 0.05) is 11.7 Å². The monoisotopic (exact) mass is 328 g/mol. The Morgan fingerprint density at radius 2 is 2.11 bits per heavy atom. The average Bonchev–Trinajstić information content (AvgIpc) is 2.86. The van der Waals surface area contributed by atoms with Gasteiger partial charge in [-0.1, -0.05) is 12.8 Å². The second-order valence-corrected chi connectivity index (χ2v) is 5.84. The second kappa shape index (κ2) is 6.37. The highest BCUT2D eigenvalue weighted by Gasteiger charge is 2.20. The smallest absolute Gasteiger partial charge is 0.242 e. The number of rotatable bonds is 4. The summed E-state index contributed by atoms with van der Waals surface area (Å²) in [5, 5.41) is 6.03. The number of halogens is 2. The van der Waals surface area contributed by atoms with Crippen molar-refractivity contribution in [2.24, 2.45) is 0 Å². The molecule has 1 aromatic rings. The van der Waals surface area contributed by atoms with Gasteiger partial charge in [0.15, 0.2) is 0 Å². The molecule has 19 heavy (non-hydrogen) atoms. The maximum absolute atomic E-state index is 13.4. The first kappa shape index (κ1) is 14.3. The molecule has 1 aliphatic rings. The molecule has 0 aliphatic heterocycles. The molecule has 1 saturated carbocycles. The van der Waals surface area contributed by atoms with E-state index in [2.05, 4.69) is 26.6 Å². The van der Waals surface area contributed by atoms with Crippen molar-refractivity contribution in [3.8, 4) is 0 Å². The average molecular weight is 329 g/mol. The van der Waals surface area contributed by atoms with E-state index in [1.54, 1.807) is 19.1 Å². The number of carbonyl (C=O) groups is 1. The lowest BCUT2D eigenvalue weighted by Crippen LogP contribution is -2.42. The first-order chi connectivity index (χ1) is 9.06. The Bertz CT molecular complexity index is 461. The molecule has 1 amide bonds. The zero-order valence-electron chi connectivity index (χ0n) is 10.9. The lowest BCUT2D eigenvalue weighted by molar-refractivity contribution is -0.122. The van der Waals surface area contributed by atoms with Crippen LogP contribution in [0.5, 0.6) is 0 Å². The topological polar surface area (TPSA) is 41.1 Å². The molecule has 1 atom stereocenters. The summed E-state index contributed by atoms with van der Waals surface area (Å²) in [4.78, 5) is 12.0. The van der Waals surface area contributed by atoms with Crippen molar-refractivity contribution < 1.29 is 9.18 Å². The predicted octanol–water partition coefficient (Wildman–Crippen LogP) is 3.45. The molecule has 5 heteroatoms. The van der Waals surface area contributed by atoms with E-state index < -0.39 is 0 Å². The number of anilines is 1. The van der Waals surface area contributed by atoms with Crippen LogP contribution in [0.4, 0.5) is 10.1 Å². The van der Waals surface area contributed by atoms with Crippen LogP contribution in [0.15, 0.2) is 22.7 Å². The van der Waals surface area contributed by atoms with Gasteiger partial charge in [0.25, 0.3) is 0 Å². The highest BCUT2D eigenvalue weighted by atomic mass is 79.9. The van der Waals surface area contributed by atoms with Crippen LogP contribution >= 0.6 is 15.9 Å². The van der Waals surface area contributed by atoms with Crippen LogP contribution in [-0.2, 0) is 4.79 Å². The molecule has 0 saturated heterocycles.